The molecule has 0 saturated heterocycles. The van der Waals surface area contributed by atoms with E-state index >= 15 is 0 Å². The number of carboxylic acid groups (broad SMARTS) is 1. The molecule has 1 rings (SSSR count). The van der Waals surface area contributed by atoms with Crippen molar-refractivity contribution in [1.82, 2.24) is 0 Å². The van der Waals surface area contributed by atoms with Crippen molar-refractivity contribution in [2.75, 3.05) is 13.2 Å². The molecular weight excluding hydrogens is 371 g/mol. The third-order valence-electron chi connectivity index (χ3n) is 2.52. The first-order valence-corrected chi connectivity index (χ1v) is 7.66. The van der Waals surface area contributed by atoms with Crippen LogP contribution in [0.2, 0.25) is 0 Å². The Hall–Kier alpha value is -1.24. The lowest BCUT2D eigenvalue weighted by Crippen LogP contribution is -2.04. The number of aliphatic carboxylic acids is 1. The van der Waals surface area contributed by atoms with Gasteiger partial charge in [-0.2, -0.15) is 0 Å². The molecule has 0 aliphatic rings. The molecule has 0 unspecified atom stereocenters. The zero-order valence-electron chi connectivity index (χ0n) is 11.7. The highest BCUT2D eigenvalue weighted by molar-refractivity contribution is 14.1. The molecule has 20 heavy (non-hydrogen) atoms. The fourth-order valence-corrected chi connectivity index (χ4v) is 2.01. The largest absolute Gasteiger partial charge is 0.492 e. The molecule has 0 aliphatic heterocycles. The van der Waals surface area contributed by atoms with Crippen LogP contribution in [-0.4, -0.2) is 24.3 Å². The summed E-state index contributed by atoms with van der Waals surface area (Å²) >= 11 is 2.20. The van der Waals surface area contributed by atoms with Gasteiger partial charge in [-0.1, -0.05) is 19.4 Å². The fourth-order valence-electron chi connectivity index (χ4n) is 1.52. The zero-order chi connectivity index (χ0) is 15.0. The third-order valence-corrected chi connectivity index (χ3v) is 3.41. The minimum atomic E-state index is -1.07. The predicted molar refractivity (Wildman–Crippen MR) is 86.8 cm³/mol. The van der Waals surface area contributed by atoms with E-state index in [0.29, 0.717) is 13.2 Å². The lowest BCUT2D eigenvalue weighted by molar-refractivity contribution is -0.136. The van der Waals surface area contributed by atoms with Gasteiger partial charge in [0.05, 0.1) is 16.8 Å². The average molecular weight is 390 g/mol. The first kappa shape index (κ1) is 16.8. The Morgan fingerprint density at radius 3 is 2.75 bits per heavy atom. The van der Waals surface area contributed by atoms with Crippen LogP contribution in [0.3, 0.4) is 0 Å². The smallest absolute Gasteiger partial charge is 0.371 e. The van der Waals surface area contributed by atoms with Crippen molar-refractivity contribution >= 4 is 34.6 Å². The van der Waals surface area contributed by atoms with Crippen LogP contribution in [0, 0.1) is 3.57 Å². The van der Waals surface area contributed by atoms with Crippen molar-refractivity contribution in [2.45, 2.75) is 26.7 Å². The highest BCUT2D eigenvalue weighted by atomic mass is 127. The monoisotopic (exact) mass is 390 g/mol. The number of hydrogen-bond donors (Lipinski definition) is 1. The van der Waals surface area contributed by atoms with Crippen molar-refractivity contribution in [3.63, 3.8) is 0 Å². The molecule has 5 heteroatoms. The summed E-state index contributed by atoms with van der Waals surface area (Å²) in [6, 6.07) is 5.58. The van der Waals surface area contributed by atoms with Crippen LogP contribution in [0.15, 0.2) is 24.0 Å². The summed E-state index contributed by atoms with van der Waals surface area (Å²) in [5, 5.41) is 9.04. The van der Waals surface area contributed by atoms with Gasteiger partial charge < -0.3 is 14.6 Å². The normalized spacial score (nSPS) is 11.2. The quantitative estimate of drug-likeness (QED) is 0.316. The molecule has 1 aromatic rings. The Kier molecular flexibility index (Phi) is 7.43. The van der Waals surface area contributed by atoms with Gasteiger partial charge in [0.1, 0.15) is 5.75 Å². The number of ether oxygens (including phenoxy) is 2. The van der Waals surface area contributed by atoms with Crippen LogP contribution < -0.4 is 4.74 Å². The molecule has 0 radical (unpaired) electrons. The van der Waals surface area contributed by atoms with E-state index in [9.17, 15) is 4.79 Å². The molecule has 0 amide bonds. The molecule has 0 heterocycles. The van der Waals surface area contributed by atoms with E-state index < -0.39 is 5.97 Å². The van der Waals surface area contributed by atoms with Crippen LogP contribution >= 0.6 is 22.6 Å². The van der Waals surface area contributed by atoms with Gasteiger partial charge in [0.2, 0.25) is 5.76 Å². The van der Waals surface area contributed by atoms with Crippen molar-refractivity contribution in [3.8, 4) is 5.75 Å². The predicted octanol–water partition coefficient (Wildman–Crippen LogP) is 3.93. The van der Waals surface area contributed by atoms with Gasteiger partial charge in [0.15, 0.2) is 0 Å². The molecule has 0 aliphatic carbocycles. The Bertz CT molecular complexity index is 483. The highest BCUT2D eigenvalue weighted by Gasteiger charge is 2.09. The lowest BCUT2D eigenvalue weighted by Gasteiger charge is -2.09. The van der Waals surface area contributed by atoms with Crippen LogP contribution in [-0.2, 0) is 9.53 Å². The second-order valence-electron chi connectivity index (χ2n) is 4.14. The summed E-state index contributed by atoms with van der Waals surface area (Å²) in [5.74, 6) is -0.360. The molecule has 0 fully saturated rings. The van der Waals surface area contributed by atoms with E-state index in [4.69, 9.17) is 14.6 Å². The first-order valence-electron chi connectivity index (χ1n) is 6.58. The van der Waals surface area contributed by atoms with E-state index in [1.165, 1.54) is 6.08 Å². The molecular formula is C15H19IO4. The van der Waals surface area contributed by atoms with E-state index in [2.05, 4.69) is 29.5 Å². The Morgan fingerprint density at radius 1 is 1.40 bits per heavy atom. The van der Waals surface area contributed by atoms with Gasteiger partial charge in [-0.25, -0.2) is 4.79 Å². The second kappa shape index (κ2) is 8.84. The van der Waals surface area contributed by atoms with Crippen LogP contribution in [0.25, 0.3) is 6.08 Å². The molecule has 0 atom stereocenters. The Morgan fingerprint density at radius 2 is 2.15 bits per heavy atom. The molecule has 1 aromatic carbocycles. The standard InChI is InChI=1S/C15H19IO4/c1-3-5-8-20-13-9-11(6-7-12(13)16)10-14(15(17)18)19-4-2/h6-7,9-10H,3-5,8H2,1-2H3,(H,17,18)/b14-10+. The van der Waals surface area contributed by atoms with Crippen LogP contribution in [0.4, 0.5) is 0 Å². The average Bonchev–Trinajstić information content (AvgIpc) is 2.41. The summed E-state index contributed by atoms with van der Waals surface area (Å²) in [6.07, 6.45) is 3.58. The third kappa shape index (κ3) is 5.40. The van der Waals surface area contributed by atoms with Crippen molar-refractivity contribution < 1.29 is 19.4 Å². The van der Waals surface area contributed by atoms with Gasteiger partial charge in [-0.15, -0.1) is 0 Å². The molecule has 0 aromatic heterocycles. The van der Waals surface area contributed by atoms with Gasteiger partial charge in [-0.3, -0.25) is 0 Å². The molecule has 1 N–H and O–H groups in total. The summed E-state index contributed by atoms with van der Waals surface area (Å²) in [4.78, 5) is 11.0. The van der Waals surface area contributed by atoms with Gasteiger partial charge >= 0.3 is 5.97 Å². The Balaban J connectivity index is 2.92. The number of unbranched alkanes of at least 4 members (excludes halogenated alkanes) is 1. The minimum Gasteiger partial charge on any atom is -0.492 e. The minimum absolute atomic E-state index is 0.0618. The van der Waals surface area contributed by atoms with Crippen molar-refractivity contribution in [1.29, 1.82) is 0 Å². The van der Waals surface area contributed by atoms with Crippen LogP contribution in [0.1, 0.15) is 32.3 Å². The molecule has 4 nitrogen and oxygen atoms in total. The molecule has 0 bridgehead atoms. The van der Waals surface area contributed by atoms with E-state index in [-0.39, 0.29) is 5.76 Å². The van der Waals surface area contributed by atoms with Gasteiger partial charge in [-0.05, 0) is 59.7 Å². The Labute approximate surface area is 132 Å². The van der Waals surface area contributed by atoms with Crippen molar-refractivity contribution in [2.24, 2.45) is 0 Å². The summed E-state index contributed by atoms with van der Waals surface area (Å²) in [6.45, 7) is 4.85. The van der Waals surface area contributed by atoms with E-state index in [1.54, 1.807) is 6.92 Å². The number of halogens is 1. The SMILES string of the molecule is CCCCOc1cc(/C=C(/OCC)C(=O)O)ccc1I. The van der Waals surface area contributed by atoms with E-state index in [0.717, 1.165) is 27.7 Å². The maximum atomic E-state index is 11.0. The maximum absolute atomic E-state index is 11.0. The number of benzene rings is 1. The number of rotatable bonds is 8. The fraction of sp³-hybridized carbons (Fsp3) is 0.400. The summed E-state index contributed by atoms with van der Waals surface area (Å²) < 4.78 is 11.8. The van der Waals surface area contributed by atoms with Crippen LogP contribution in [0.5, 0.6) is 5.75 Å². The molecule has 0 spiro atoms. The van der Waals surface area contributed by atoms with E-state index in [1.807, 2.05) is 18.2 Å². The molecule has 110 valence electrons. The summed E-state index contributed by atoms with van der Waals surface area (Å²) in [5.41, 5.74) is 0.753. The van der Waals surface area contributed by atoms with Gasteiger partial charge in [0.25, 0.3) is 0 Å². The summed E-state index contributed by atoms with van der Waals surface area (Å²) in [7, 11) is 0. The molecule has 0 saturated carbocycles. The first-order chi connectivity index (χ1) is 9.58. The lowest BCUT2D eigenvalue weighted by atomic mass is 10.2. The number of carboxylic acids is 1. The number of hydrogen-bond acceptors (Lipinski definition) is 3. The topological polar surface area (TPSA) is 55.8 Å². The zero-order valence-corrected chi connectivity index (χ0v) is 13.8. The highest BCUT2D eigenvalue weighted by Crippen LogP contribution is 2.24. The maximum Gasteiger partial charge on any atom is 0.371 e. The number of carbonyl (C=O) groups is 1. The second-order valence-corrected chi connectivity index (χ2v) is 5.30. The van der Waals surface area contributed by atoms with Gasteiger partial charge in [0, 0.05) is 0 Å². The van der Waals surface area contributed by atoms with Crippen molar-refractivity contribution in [3.05, 3.63) is 33.1 Å².